The predicted octanol–water partition coefficient (Wildman–Crippen LogP) is 1.94. The van der Waals surface area contributed by atoms with Crippen LogP contribution >= 0.6 is 0 Å². The van der Waals surface area contributed by atoms with Crippen molar-refractivity contribution in [3.05, 3.63) is 24.3 Å². The van der Waals surface area contributed by atoms with Crippen LogP contribution in [0.5, 0.6) is 5.75 Å². The van der Waals surface area contributed by atoms with Crippen LogP contribution in [-0.2, 0) is 0 Å². The minimum Gasteiger partial charge on any atom is -0.508 e. The van der Waals surface area contributed by atoms with Gasteiger partial charge < -0.3 is 5.11 Å². The molecule has 2 heteroatoms. The van der Waals surface area contributed by atoms with Crippen LogP contribution in [0.1, 0.15) is 0 Å². The van der Waals surface area contributed by atoms with E-state index in [9.17, 15) is 5.11 Å². The van der Waals surface area contributed by atoms with Crippen LogP contribution in [0.3, 0.4) is 0 Å². The lowest BCUT2D eigenvalue weighted by Gasteiger charge is -2.17. The van der Waals surface area contributed by atoms with Crippen LogP contribution in [0.4, 0.5) is 0 Å². The van der Waals surface area contributed by atoms with Crippen molar-refractivity contribution in [1.29, 1.82) is 0 Å². The van der Waals surface area contributed by atoms with E-state index in [4.69, 9.17) is 0 Å². The van der Waals surface area contributed by atoms with Gasteiger partial charge in [-0.3, -0.25) is 0 Å². The summed E-state index contributed by atoms with van der Waals surface area (Å²) < 4.78 is 0. The van der Waals surface area contributed by atoms with Gasteiger partial charge in [-0.25, -0.2) is 0 Å². The number of phenols is 1. The number of rotatable bonds is 1. The summed E-state index contributed by atoms with van der Waals surface area (Å²) in [7, 11) is -1.33. The second kappa shape index (κ2) is 2.70. The Morgan fingerprint density at radius 3 is 2.00 bits per heavy atom. The van der Waals surface area contributed by atoms with Gasteiger partial charge in [0.05, 0.1) is 8.07 Å². The van der Waals surface area contributed by atoms with Crippen molar-refractivity contribution in [3.63, 3.8) is 0 Å². The highest BCUT2D eigenvalue weighted by molar-refractivity contribution is 6.89. The highest BCUT2D eigenvalue weighted by Gasteiger charge is 2.18. The van der Waals surface area contributed by atoms with Crippen molar-refractivity contribution >= 4 is 13.3 Å². The van der Waals surface area contributed by atoms with Gasteiger partial charge in [0, 0.05) is 0 Å². The largest absolute Gasteiger partial charge is 0.508 e. The fourth-order valence-electron chi connectivity index (χ4n) is 1.11. The Labute approximate surface area is 68.7 Å². The number of hydrogen-bond acceptors (Lipinski definition) is 1. The Kier molecular flexibility index (Phi) is 2.05. The second-order valence-corrected chi connectivity index (χ2v) is 8.81. The van der Waals surface area contributed by atoms with Crippen LogP contribution in [0.25, 0.3) is 0 Å². The summed E-state index contributed by atoms with van der Waals surface area (Å²) in [6.07, 6.45) is 0. The molecule has 1 aromatic rings. The van der Waals surface area contributed by atoms with Crippen molar-refractivity contribution in [2.45, 2.75) is 19.6 Å². The Balaban J connectivity index is 3.14. The summed E-state index contributed by atoms with van der Waals surface area (Å²) in [5.41, 5.74) is 0. The van der Waals surface area contributed by atoms with Gasteiger partial charge in [-0.15, -0.1) is 0 Å². The van der Waals surface area contributed by atoms with Gasteiger partial charge in [0.15, 0.2) is 0 Å². The molecule has 1 aromatic carbocycles. The van der Waals surface area contributed by atoms with Crippen LogP contribution in [0.15, 0.2) is 24.3 Å². The maximum Gasteiger partial charge on any atom is 0.114 e. The van der Waals surface area contributed by atoms with Crippen molar-refractivity contribution in [2.75, 3.05) is 0 Å². The van der Waals surface area contributed by atoms with E-state index in [1.165, 1.54) is 0 Å². The molecule has 0 saturated heterocycles. The number of para-hydroxylation sites is 1. The van der Waals surface area contributed by atoms with Gasteiger partial charge in [0.1, 0.15) is 5.75 Å². The highest BCUT2D eigenvalue weighted by atomic mass is 28.3. The Morgan fingerprint density at radius 1 is 1.09 bits per heavy atom. The number of benzene rings is 1. The normalized spacial score (nSPS) is 11.5. The Morgan fingerprint density at radius 2 is 1.64 bits per heavy atom. The van der Waals surface area contributed by atoms with Crippen molar-refractivity contribution in [2.24, 2.45) is 0 Å². The third-order valence-corrected chi connectivity index (χ3v) is 3.75. The maximum atomic E-state index is 9.48. The molecule has 0 heterocycles. The fourth-order valence-corrected chi connectivity index (χ4v) is 2.56. The highest BCUT2D eigenvalue weighted by Crippen LogP contribution is 2.11. The van der Waals surface area contributed by atoms with E-state index in [-0.39, 0.29) is 0 Å². The van der Waals surface area contributed by atoms with Crippen molar-refractivity contribution < 1.29 is 5.11 Å². The van der Waals surface area contributed by atoms with E-state index in [2.05, 4.69) is 19.6 Å². The smallest absolute Gasteiger partial charge is 0.114 e. The van der Waals surface area contributed by atoms with Crippen molar-refractivity contribution in [1.82, 2.24) is 0 Å². The van der Waals surface area contributed by atoms with Gasteiger partial charge in [0.25, 0.3) is 0 Å². The summed E-state index contributed by atoms with van der Waals surface area (Å²) in [4.78, 5) is 0. The van der Waals surface area contributed by atoms with E-state index >= 15 is 0 Å². The van der Waals surface area contributed by atoms with Gasteiger partial charge in [-0.05, 0) is 11.3 Å². The fraction of sp³-hybridized carbons (Fsp3) is 0.333. The lowest BCUT2D eigenvalue weighted by atomic mass is 10.3. The molecule has 0 amide bonds. The SMILES string of the molecule is C[Si](C)(C)c1ccccc1O. The standard InChI is InChI=1S/C9H14OSi/c1-11(2,3)9-7-5-4-6-8(9)10/h4-7,10H,1-3H3. The van der Waals surface area contributed by atoms with Gasteiger partial charge >= 0.3 is 0 Å². The van der Waals surface area contributed by atoms with Crippen LogP contribution < -0.4 is 5.19 Å². The molecule has 0 bridgehead atoms. The summed E-state index contributed by atoms with van der Waals surface area (Å²) in [5.74, 6) is 0.451. The molecular weight excluding hydrogens is 152 g/mol. The van der Waals surface area contributed by atoms with Gasteiger partial charge in [-0.1, -0.05) is 37.8 Å². The first-order valence-corrected chi connectivity index (χ1v) is 7.30. The molecule has 0 aliphatic heterocycles. The Bertz CT molecular complexity index is 250. The van der Waals surface area contributed by atoms with E-state index in [0.717, 1.165) is 5.19 Å². The average molecular weight is 166 g/mol. The summed E-state index contributed by atoms with van der Waals surface area (Å²) in [6.45, 7) is 6.67. The second-order valence-electron chi connectivity index (χ2n) is 3.77. The molecule has 0 unspecified atom stereocenters. The topological polar surface area (TPSA) is 20.2 Å². The first-order valence-electron chi connectivity index (χ1n) is 3.80. The number of hydrogen-bond donors (Lipinski definition) is 1. The molecule has 0 saturated carbocycles. The maximum absolute atomic E-state index is 9.48. The quantitative estimate of drug-likeness (QED) is 0.632. The summed E-state index contributed by atoms with van der Waals surface area (Å²) in [6, 6.07) is 7.61. The zero-order valence-electron chi connectivity index (χ0n) is 7.26. The van der Waals surface area contributed by atoms with E-state index < -0.39 is 8.07 Å². The lowest BCUT2D eigenvalue weighted by Crippen LogP contribution is -2.37. The molecule has 60 valence electrons. The monoisotopic (exact) mass is 166 g/mol. The molecule has 0 aliphatic rings. The zero-order chi connectivity index (χ0) is 8.48. The molecule has 0 atom stereocenters. The van der Waals surface area contributed by atoms with E-state index in [1.54, 1.807) is 6.07 Å². The first kappa shape index (κ1) is 8.33. The average Bonchev–Trinajstić information content (AvgIpc) is 1.86. The third-order valence-electron chi connectivity index (χ3n) is 1.71. The molecule has 0 spiro atoms. The van der Waals surface area contributed by atoms with Crippen LogP contribution in [-0.4, -0.2) is 13.2 Å². The van der Waals surface area contributed by atoms with Gasteiger partial charge in [-0.2, -0.15) is 0 Å². The molecule has 0 aromatic heterocycles. The number of aromatic hydroxyl groups is 1. The zero-order valence-corrected chi connectivity index (χ0v) is 8.26. The molecule has 1 N–H and O–H groups in total. The minimum atomic E-state index is -1.33. The molecule has 0 fully saturated rings. The first-order chi connectivity index (χ1) is 5.02. The third kappa shape index (κ3) is 1.83. The van der Waals surface area contributed by atoms with Crippen LogP contribution in [0, 0.1) is 0 Å². The van der Waals surface area contributed by atoms with Crippen molar-refractivity contribution in [3.8, 4) is 5.75 Å². The van der Waals surface area contributed by atoms with Crippen LogP contribution in [0.2, 0.25) is 19.6 Å². The molecule has 1 rings (SSSR count). The number of phenolic OH excluding ortho intramolecular Hbond substituents is 1. The lowest BCUT2D eigenvalue weighted by molar-refractivity contribution is 0.479. The van der Waals surface area contributed by atoms with Gasteiger partial charge in [0.2, 0.25) is 0 Å². The minimum absolute atomic E-state index is 0.451. The van der Waals surface area contributed by atoms with E-state index in [0.29, 0.717) is 5.75 Å². The molecule has 1 nitrogen and oxygen atoms in total. The summed E-state index contributed by atoms with van der Waals surface area (Å²) in [5, 5.41) is 10.6. The molecule has 0 aliphatic carbocycles. The molecule has 0 radical (unpaired) electrons. The molecular formula is C9H14OSi. The van der Waals surface area contributed by atoms with E-state index in [1.807, 2.05) is 18.2 Å². The summed E-state index contributed by atoms with van der Waals surface area (Å²) >= 11 is 0. The molecule has 11 heavy (non-hydrogen) atoms. The predicted molar refractivity (Wildman–Crippen MR) is 51.1 cm³/mol. The Hall–Kier alpha value is -0.763.